The van der Waals surface area contributed by atoms with E-state index in [2.05, 4.69) is 90.0 Å². The van der Waals surface area contributed by atoms with Crippen molar-refractivity contribution < 1.29 is 57.7 Å². The minimum atomic E-state index is -0.438. The van der Waals surface area contributed by atoms with Crippen LogP contribution in [0.4, 0.5) is 0 Å². The highest BCUT2D eigenvalue weighted by Crippen LogP contribution is 2.23. The van der Waals surface area contributed by atoms with Crippen LogP contribution in [0.5, 0.6) is 0 Å². The standard InChI is InChI=1S/C20H40O7.C8H15NO.C8H16O3.C7H15NO.2C6H14/c1-7-19(3,4)17-27-26-16-14-24-12-10-22-9-11-23-13-15-25-18(21)20(5,6)8-2;1-3-7(2)9-6-4-5-8(9)10;1-4-8(2,3)7(10)11-6-5-9;1-5-6(2)7(9)8(3)4;2*1-5-6(2,3)4/h7-17H2,1-6H3;7H,3-6H2,1-2H3;9H,4-6H2,1-3H3;6H,5H2,1-4H3;2*5H2,1-4H3. The number of aliphatic hydroxyl groups is 1. The SMILES string of the molecule is CCC(C)(C)C.CCC(C)(C)C.CCC(C)(C)C(=O)OCCO.CCC(C)(C)COOCCOCCOCCOCCOC(=O)C(C)(C)CC.CCC(C)C(=O)N(C)C.CCC(C)N1CCCC1=O. The fraction of sp³-hybridized carbons (Fsp3) is 0.927. The van der Waals surface area contributed by atoms with Crippen LogP contribution in [0.1, 0.15) is 203 Å². The van der Waals surface area contributed by atoms with Crippen LogP contribution < -0.4 is 0 Å². The van der Waals surface area contributed by atoms with Gasteiger partial charge in [0.25, 0.3) is 0 Å². The van der Waals surface area contributed by atoms with Crippen LogP contribution in [-0.2, 0) is 52.6 Å². The van der Waals surface area contributed by atoms with Gasteiger partial charge in [0, 0.05) is 39.0 Å². The molecule has 1 aliphatic rings. The summed E-state index contributed by atoms with van der Waals surface area (Å²) < 4.78 is 26.1. The number of hydrogen-bond donors (Lipinski definition) is 1. The van der Waals surface area contributed by atoms with Crippen molar-refractivity contribution >= 4 is 23.8 Å². The molecule has 2 atom stereocenters. The van der Waals surface area contributed by atoms with Crippen molar-refractivity contribution in [1.29, 1.82) is 0 Å². The van der Waals surface area contributed by atoms with Crippen LogP contribution in [0.15, 0.2) is 0 Å². The molecule has 1 N–H and O–H groups in total. The van der Waals surface area contributed by atoms with Crippen molar-refractivity contribution in [3.8, 4) is 0 Å². The van der Waals surface area contributed by atoms with E-state index in [0.717, 1.165) is 51.5 Å². The Labute approximate surface area is 425 Å². The van der Waals surface area contributed by atoms with Crippen LogP contribution >= 0.6 is 0 Å². The number of carbonyl (C=O) groups is 4. The van der Waals surface area contributed by atoms with Gasteiger partial charge in [-0.05, 0) is 89.4 Å². The second-order valence-corrected chi connectivity index (χ2v) is 22.2. The van der Waals surface area contributed by atoms with Crippen LogP contribution in [0.3, 0.4) is 0 Å². The molecule has 14 nitrogen and oxygen atoms in total. The third-order valence-corrected chi connectivity index (χ3v) is 12.0. The molecule has 1 fully saturated rings. The van der Waals surface area contributed by atoms with Crippen molar-refractivity contribution in [2.75, 3.05) is 93.3 Å². The third-order valence-electron chi connectivity index (χ3n) is 12.0. The number of ether oxygens (including phenoxy) is 5. The number of nitrogens with zero attached hydrogens (tertiary/aromatic N) is 2. The average Bonchev–Trinajstić information content (AvgIpc) is 3.74. The largest absolute Gasteiger partial charge is 0.463 e. The molecule has 1 heterocycles. The van der Waals surface area contributed by atoms with Gasteiger partial charge in [0.05, 0.1) is 63.7 Å². The zero-order valence-electron chi connectivity index (χ0n) is 49.3. The Bertz CT molecular complexity index is 1230. The van der Waals surface area contributed by atoms with Crippen molar-refractivity contribution in [3.63, 3.8) is 0 Å². The van der Waals surface area contributed by atoms with Gasteiger partial charge in [-0.25, -0.2) is 9.78 Å². The van der Waals surface area contributed by atoms with Gasteiger partial charge in [-0.15, -0.1) is 0 Å². The van der Waals surface area contributed by atoms with Gasteiger partial charge < -0.3 is 38.6 Å². The number of hydrogen-bond acceptors (Lipinski definition) is 12. The molecule has 0 saturated carbocycles. The van der Waals surface area contributed by atoms with Crippen molar-refractivity contribution in [2.45, 2.75) is 209 Å². The molecule has 1 saturated heterocycles. The maximum absolute atomic E-state index is 11.7. The normalized spacial score (nSPS) is 13.6. The number of amides is 2. The van der Waals surface area contributed by atoms with Gasteiger partial charge in [-0.3, -0.25) is 19.2 Å². The quantitative estimate of drug-likeness (QED) is 0.0379. The fourth-order valence-corrected chi connectivity index (χ4v) is 3.98. The minimum absolute atomic E-state index is 0.0995. The molecule has 0 spiro atoms. The highest BCUT2D eigenvalue weighted by atomic mass is 17.2. The van der Waals surface area contributed by atoms with Crippen LogP contribution in [0.2, 0.25) is 0 Å². The lowest BCUT2D eigenvalue weighted by atomic mass is 9.91. The summed E-state index contributed by atoms with van der Waals surface area (Å²) in [6.07, 6.45) is 8.91. The molecule has 0 aromatic heterocycles. The molecule has 0 aromatic rings. The lowest BCUT2D eigenvalue weighted by Gasteiger charge is -2.22. The van der Waals surface area contributed by atoms with Gasteiger partial charge in [-0.1, -0.05) is 124 Å². The molecule has 0 aromatic carbocycles. The van der Waals surface area contributed by atoms with Gasteiger partial charge in [0.1, 0.15) is 19.8 Å². The van der Waals surface area contributed by atoms with Gasteiger partial charge >= 0.3 is 11.9 Å². The Morgan fingerprint density at radius 2 is 0.971 bits per heavy atom. The van der Waals surface area contributed by atoms with E-state index in [1.165, 1.54) is 12.8 Å². The molecule has 0 radical (unpaired) electrons. The summed E-state index contributed by atoms with van der Waals surface area (Å²) in [4.78, 5) is 58.8. The highest BCUT2D eigenvalue weighted by molar-refractivity contribution is 5.78. The third kappa shape index (κ3) is 49.0. The zero-order valence-corrected chi connectivity index (χ0v) is 49.3. The first-order valence-corrected chi connectivity index (χ1v) is 26.2. The second-order valence-electron chi connectivity index (χ2n) is 22.2. The first-order chi connectivity index (χ1) is 31.8. The Balaban J connectivity index is -0.000000267. The van der Waals surface area contributed by atoms with Crippen LogP contribution in [-0.4, -0.2) is 138 Å². The van der Waals surface area contributed by atoms with Gasteiger partial charge in [0.2, 0.25) is 11.8 Å². The van der Waals surface area contributed by atoms with E-state index in [9.17, 15) is 19.2 Å². The molecule has 2 amide bonds. The van der Waals surface area contributed by atoms with Gasteiger partial charge in [0.15, 0.2) is 0 Å². The van der Waals surface area contributed by atoms with E-state index in [-0.39, 0.29) is 49.0 Å². The van der Waals surface area contributed by atoms with Crippen molar-refractivity contribution in [3.05, 3.63) is 0 Å². The summed E-state index contributed by atoms with van der Waals surface area (Å²) in [7, 11) is 3.57. The van der Waals surface area contributed by atoms with Crippen LogP contribution in [0.25, 0.3) is 0 Å². The number of carbonyl (C=O) groups excluding carboxylic acids is 4. The first kappa shape index (κ1) is 75.6. The molecule has 0 bridgehead atoms. The van der Waals surface area contributed by atoms with E-state index in [0.29, 0.717) is 75.6 Å². The smallest absolute Gasteiger partial charge is 0.311 e. The maximum atomic E-state index is 11.7. The molecule has 1 rings (SSSR count). The summed E-state index contributed by atoms with van der Waals surface area (Å²) in [6.45, 7) is 48.7. The first-order valence-electron chi connectivity index (χ1n) is 26.2. The number of aliphatic hydroxyl groups excluding tert-OH is 1. The molecular formula is C55H114N2O12. The molecular weight excluding hydrogens is 881 g/mol. The predicted molar refractivity (Wildman–Crippen MR) is 284 cm³/mol. The molecule has 14 heteroatoms. The molecule has 69 heavy (non-hydrogen) atoms. The second kappa shape index (κ2) is 43.2. The summed E-state index contributed by atoms with van der Waals surface area (Å²) in [5.41, 5.74) is 0.353. The van der Waals surface area contributed by atoms with Crippen molar-refractivity contribution in [1.82, 2.24) is 9.80 Å². The summed E-state index contributed by atoms with van der Waals surface area (Å²) in [5, 5.41) is 8.38. The number of esters is 2. The predicted octanol–water partition coefficient (Wildman–Crippen LogP) is 11.8. The topological polar surface area (TPSA) is 160 Å². The van der Waals surface area contributed by atoms with Gasteiger partial charge in [-0.2, -0.15) is 0 Å². The number of likely N-dealkylation sites (tertiary alicyclic amines) is 1. The van der Waals surface area contributed by atoms with E-state index < -0.39 is 10.8 Å². The Hall–Kier alpha value is -2.36. The monoisotopic (exact) mass is 995 g/mol. The summed E-state index contributed by atoms with van der Waals surface area (Å²) in [6, 6.07) is 0.454. The fourth-order valence-electron chi connectivity index (χ4n) is 3.98. The molecule has 0 aliphatic carbocycles. The molecule has 416 valence electrons. The molecule has 1 aliphatic heterocycles. The van der Waals surface area contributed by atoms with E-state index in [1.54, 1.807) is 19.0 Å². The number of rotatable bonds is 26. The maximum Gasteiger partial charge on any atom is 0.311 e. The lowest BCUT2D eigenvalue weighted by molar-refractivity contribution is -0.312. The van der Waals surface area contributed by atoms with E-state index in [4.69, 9.17) is 38.6 Å². The average molecular weight is 996 g/mol. The van der Waals surface area contributed by atoms with Crippen molar-refractivity contribution in [2.24, 2.45) is 33.0 Å². The lowest BCUT2D eigenvalue weighted by Crippen LogP contribution is -2.33. The van der Waals surface area contributed by atoms with E-state index in [1.807, 2.05) is 60.3 Å². The Kier molecular flexibility index (Phi) is 47.4. The van der Waals surface area contributed by atoms with E-state index >= 15 is 0 Å². The highest BCUT2D eigenvalue weighted by Gasteiger charge is 2.28. The minimum Gasteiger partial charge on any atom is -0.463 e. The Morgan fingerprint density at radius 3 is 1.26 bits per heavy atom. The summed E-state index contributed by atoms with van der Waals surface area (Å²) in [5.74, 6) is 0.311. The Morgan fingerprint density at radius 1 is 0.580 bits per heavy atom. The summed E-state index contributed by atoms with van der Waals surface area (Å²) >= 11 is 0. The zero-order chi connectivity index (χ0) is 54.9. The molecule has 2 unspecified atom stereocenters. The van der Waals surface area contributed by atoms with Crippen LogP contribution in [0, 0.1) is 33.0 Å².